The van der Waals surface area contributed by atoms with E-state index in [0.29, 0.717) is 12.1 Å². The highest BCUT2D eigenvalue weighted by atomic mass is 16.6. The summed E-state index contributed by atoms with van der Waals surface area (Å²) in [6.45, 7) is 3.42. The lowest BCUT2D eigenvalue weighted by molar-refractivity contribution is -0.386. The van der Waals surface area contributed by atoms with Gasteiger partial charge in [-0.2, -0.15) is 0 Å². The van der Waals surface area contributed by atoms with Gasteiger partial charge in [0.1, 0.15) is 12.1 Å². The molecule has 0 radical (unpaired) electrons. The summed E-state index contributed by atoms with van der Waals surface area (Å²) < 4.78 is 6.72. The van der Waals surface area contributed by atoms with Crippen molar-refractivity contribution in [2.75, 3.05) is 0 Å². The molecule has 1 aliphatic rings. The molecule has 1 unspecified atom stereocenters. The van der Waals surface area contributed by atoms with Crippen molar-refractivity contribution in [1.82, 2.24) is 4.57 Å². The summed E-state index contributed by atoms with van der Waals surface area (Å²) in [6.07, 6.45) is 5.12. The van der Waals surface area contributed by atoms with Crippen LogP contribution in [0.1, 0.15) is 57.2 Å². The maximum absolute atomic E-state index is 12.5. The van der Waals surface area contributed by atoms with Crippen molar-refractivity contribution in [1.29, 1.82) is 0 Å². The van der Waals surface area contributed by atoms with Crippen molar-refractivity contribution in [3.63, 3.8) is 0 Å². The molecule has 1 saturated carbocycles. The summed E-state index contributed by atoms with van der Waals surface area (Å²) in [4.78, 5) is 35.1. The molecule has 1 heterocycles. The van der Waals surface area contributed by atoms with Crippen LogP contribution >= 0.6 is 0 Å². The van der Waals surface area contributed by atoms with Crippen LogP contribution in [0.3, 0.4) is 0 Å². The van der Waals surface area contributed by atoms with Crippen LogP contribution in [0.5, 0.6) is 0 Å². The molecule has 0 amide bonds. The van der Waals surface area contributed by atoms with E-state index in [1.165, 1.54) is 16.7 Å². The van der Waals surface area contributed by atoms with E-state index >= 15 is 0 Å². The van der Waals surface area contributed by atoms with E-state index in [1.807, 2.05) is 0 Å². The zero-order valence-electron chi connectivity index (χ0n) is 13.5. The lowest BCUT2D eigenvalue weighted by Gasteiger charge is -2.25. The molecular weight excluding hydrogens is 300 g/mol. The van der Waals surface area contributed by atoms with Gasteiger partial charge in [0.25, 0.3) is 0 Å². The molecule has 1 aliphatic carbocycles. The quantitative estimate of drug-likeness (QED) is 0.472. The zero-order valence-corrected chi connectivity index (χ0v) is 13.5. The van der Waals surface area contributed by atoms with Gasteiger partial charge >= 0.3 is 17.2 Å². The number of aryl methyl sites for hydroxylation is 1. The topological polar surface area (TPSA) is 91.4 Å². The second-order valence-electron chi connectivity index (χ2n) is 5.91. The average molecular weight is 322 g/mol. The molecule has 0 aromatic carbocycles. The number of aromatic nitrogens is 1. The summed E-state index contributed by atoms with van der Waals surface area (Å²) in [6, 6.07) is 1.83. The molecule has 7 nitrogen and oxygen atoms in total. The van der Waals surface area contributed by atoms with E-state index in [4.69, 9.17) is 4.74 Å². The average Bonchev–Trinajstić information content (AvgIpc) is 2.51. The highest BCUT2D eigenvalue weighted by molar-refractivity contribution is 5.74. The molecule has 2 rings (SSSR count). The molecule has 1 aromatic rings. The van der Waals surface area contributed by atoms with Crippen molar-refractivity contribution < 1.29 is 14.5 Å². The van der Waals surface area contributed by atoms with E-state index in [-0.39, 0.29) is 6.10 Å². The number of carbonyl (C=O) groups excluding carboxylic acids is 1. The molecule has 7 heteroatoms. The van der Waals surface area contributed by atoms with Gasteiger partial charge in [-0.1, -0.05) is 13.3 Å². The Hall–Kier alpha value is -2.18. The van der Waals surface area contributed by atoms with Crippen LogP contribution in [-0.4, -0.2) is 21.6 Å². The number of nitro groups is 1. The standard InChI is InChI=1S/C16H22N2O5/c1-3-13(16(20)23-12-7-5-4-6-8-12)17-11(2)9-10-14(15(17)19)18(21)22/h9-10,12-13H,3-8H2,1-2H3. The van der Waals surface area contributed by atoms with Crippen molar-refractivity contribution >= 4 is 11.7 Å². The summed E-state index contributed by atoms with van der Waals surface area (Å²) in [7, 11) is 0. The number of rotatable bonds is 5. The summed E-state index contributed by atoms with van der Waals surface area (Å²) in [5.41, 5.74) is -0.782. The molecule has 0 N–H and O–H groups in total. The summed E-state index contributed by atoms with van der Waals surface area (Å²) in [5.74, 6) is -0.481. The third-order valence-corrected chi connectivity index (χ3v) is 4.30. The summed E-state index contributed by atoms with van der Waals surface area (Å²) >= 11 is 0. The van der Waals surface area contributed by atoms with Gasteiger partial charge in [-0.25, -0.2) is 4.79 Å². The molecule has 1 fully saturated rings. The van der Waals surface area contributed by atoms with Crippen molar-refractivity contribution in [2.45, 2.75) is 64.5 Å². The molecule has 1 atom stereocenters. The zero-order chi connectivity index (χ0) is 17.0. The maximum Gasteiger partial charge on any atom is 0.334 e. The molecule has 1 aromatic heterocycles. The number of ether oxygens (including phenoxy) is 1. The van der Waals surface area contributed by atoms with Gasteiger partial charge in [0.15, 0.2) is 0 Å². The van der Waals surface area contributed by atoms with E-state index in [0.717, 1.165) is 32.1 Å². The molecular formula is C16H22N2O5. The lowest BCUT2D eigenvalue weighted by atomic mass is 9.98. The Labute approximate surface area is 134 Å². The van der Waals surface area contributed by atoms with Crippen molar-refractivity contribution in [2.24, 2.45) is 0 Å². The first-order chi connectivity index (χ1) is 11.0. The highest BCUT2D eigenvalue weighted by Gasteiger charge is 2.28. The Bertz CT molecular complexity index is 646. The normalized spacial score (nSPS) is 16.8. The number of esters is 1. The number of carbonyl (C=O) groups is 1. The van der Waals surface area contributed by atoms with Crippen molar-refractivity contribution in [3.05, 3.63) is 38.3 Å². The number of nitrogens with zero attached hydrogens (tertiary/aromatic N) is 2. The van der Waals surface area contributed by atoms with Gasteiger partial charge in [0, 0.05) is 11.8 Å². The minimum atomic E-state index is -0.829. The van der Waals surface area contributed by atoms with E-state index in [9.17, 15) is 19.7 Å². The SMILES string of the molecule is CCC(C(=O)OC1CCCCC1)n1c(C)ccc([N+](=O)[O-])c1=O. The van der Waals surface area contributed by atoms with Crippen LogP contribution in [0.25, 0.3) is 0 Å². The third kappa shape index (κ3) is 3.78. The van der Waals surface area contributed by atoms with E-state index in [1.54, 1.807) is 13.8 Å². The number of hydrogen-bond acceptors (Lipinski definition) is 5. The minimum Gasteiger partial charge on any atom is -0.461 e. The fraction of sp³-hybridized carbons (Fsp3) is 0.625. The predicted octanol–water partition coefficient (Wildman–Crippen LogP) is 2.89. The number of hydrogen-bond donors (Lipinski definition) is 0. The van der Waals surface area contributed by atoms with Crippen LogP contribution in [0.15, 0.2) is 16.9 Å². The minimum absolute atomic E-state index is 0.111. The fourth-order valence-corrected chi connectivity index (χ4v) is 3.04. The highest BCUT2D eigenvalue weighted by Crippen LogP contribution is 2.23. The largest absolute Gasteiger partial charge is 0.461 e. The van der Waals surface area contributed by atoms with Crippen molar-refractivity contribution in [3.8, 4) is 0 Å². The van der Waals surface area contributed by atoms with E-state index in [2.05, 4.69) is 0 Å². The second kappa shape index (κ2) is 7.39. The molecule has 126 valence electrons. The molecule has 0 bridgehead atoms. The van der Waals surface area contributed by atoms with Crippen LogP contribution < -0.4 is 5.56 Å². The summed E-state index contributed by atoms with van der Waals surface area (Å²) in [5, 5.41) is 11.0. The first-order valence-corrected chi connectivity index (χ1v) is 8.02. The monoisotopic (exact) mass is 322 g/mol. The van der Waals surface area contributed by atoms with Gasteiger partial charge in [-0.15, -0.1) is 0 Å². The Morgan fingerprint density at radius 2 is 2.04 bits per heavy atom. The Balaban J connectivity index is 2.29. The van der Waals surface area contributed by atoms with E-state index < -0.39 is 28.2 Å². The molecule has 23 heavy (non-hydrogen) atoms. The van der Waals surface area contributed by atoms with Gasteiger partial charge in [-0.3, -0.25) is 19.5 Å². The Morgan fingerprint density at radius 1 is 1.39 bits per heavy atom. The van der Waals surface area contributed by atoms with Gasteiger partial charge in [0.05, 0.1) is 4.92 Å². The molecule has 0 saturated heterocycles. The first-order valence-electron chi connectivity index (χ1n) is 8.02. The second-order valence-corrected chi connectivity index (χ2v) is 5.91. The van der Waals surface area contributed by atoms with Gasteiger partial charge in [0.2, 0.25) is 0 Å². The van der Waals surface area contributed by atoms with Crippen LogP contribution in [0, 0.1) is 17.0 Å². The Morgan fingerprint density at radius 3 is 2.61 bits per heavy atom. The maximum atomic E-state index is 12.5. The van der Waals surface area contributed by atoms with Crippen LogP contribution in [-0.2, 0) is 9.53 Å². The first kappa shape index (κ1) is 17.2. The molecule has 0 spiro atoms. The van der Waals surface area contributed by atoms with Gasteiger partial charge < -0.3 is 4.74 Å². The third-order valence-electron chi connectivity index (χ3n) is 4.30. The van der Waals surface area contributed by atoms with Gasteiger partial charge in [-0.05, 0) is 45.1 Å². The Kier molecular flexibility index (Phi) is 5.52. The predicted molar refractivity (Wildman–Crippen MR) is 84.4 cm³/mol. The van der Waals surface area contributed by atoms with Crippen LogP contribution in [0.2, 0.25) is 0 Å². The number of pyridine rings is 1. The lowest BCUT2D eigenvalue weighted by Crippen LogP contribution is -2.35. The van der Waals surface area contributed by atoms with Crippen LogP contribution in [0.4, 0.5) is 5.69 Å². The molecule has 0 aliphatic heterocycles. The fourth-order valence-electron chi connectivity index (χ4n) is 3.04. The smallest absolute Gasteiger partial charge is 0.334 e.